The smallest absolute Gasteiger partial charge is 0.259 e. The molecule has 1 unspecified atom stereocenters. The number of fused-ring (bicyclic) bond motifs is 7. The molecule has 5 aromatic rings. The highest BCUT2D eigenvalue weighted by Crippen LogP contribution is 2.53. The largest absolute Gasteiger partial charge is 0.334 e. The maximum Gasteiger partial charge on any atom is 0.259 e. The minimum absolute atomic E-state index is 0.0417. The van der Waals surface area contributed by atoms with Gasteiger partial charge in [-0.2, -0.15) is 0 Å². The van der Waals surface area contributed by atoms with Crippen molar-refractivity contribution in [1.29, 1.82) is 0 Å². The van der Waals surface area contributed by atoms with Crippen LogP contribution in [-0.4, -0.2) is 12.8 Å². The van der Waals surface area contributed by atoms with Gasteiger partial charge in [0.05, 0.1) is 11.7 Å². The summed E-state index contributed by atoms with van der Waals surface area (Å²) < 4.78 is 3.83. The van der Waals surface area contributed by atoms with Crippen LogP contribution in [0.15, 0.2) is 108 Å². The van der Waals surface area contributed by atoms with E-state index in [0.29, 0.717) is 0 Å². The van der Waals surface area contributed by atoms with Gasteiger partial charge < -0.3 is 9.80 Å². The van der Waals surface area contributed by atoms with Crippen LogP contribution in [0.25, 0.3) is 15.8 Å². The molecule has 4 aliphatic rings. The van der Waals surface area contributed by atoms with Crippen LogP contribution in [0.5, 0.6) is 0 Å². The van der Waals surface area contributed by atoms with E-state index in [9.17, 15) is 0 Å². The summed E-state index contributed by atoms with van der Waals surface area (Å²) in [6.07, 6.45) is 8.34. The third-order valence-corrected chi connectivity index (χ3v) is 16.0. The number of allylic oxidation sites excluding steroid dienone is 2. The first-order chi connectivity index (χ1) is 27.3. The maximum atomic E-state index is 2.81. The predicted molar refractivity (Wildman–Crippen MR) is 264 cm³/mol. The summed E-state index contributed by atoms with van der Waals surface area (Å²) in [4.78, 5) is 5.48. The monoisotopic (exact) mass is 894 g/mol. The highest BCUT2D eigenvalue weighted by atomic mass is 127. The Morgan fingerprint density at radius 2 is 1.48 bits per heavy atom. The third-order valence-electron chi connectivity index (χ3n) is 14.0. The Kier molecular flexibility index (Phi) is 9.45. The van der Waals surface area contributed by atoms with E-state index in [1.165, 1.54) is 95.0 Å². The Balaban J connectivity index is 1.42. The van der Waals surface area contributed by atoms with Gasteiger partial charge in [-0.05, 0) is 130 Å². The molecule has 0 amide bonds. The molecular formula is C53H60BIN2S. The molecule has 0 fully saturated rings. The van der Waals surface area contributed by atoms with Gasteiger partial charge in [0, 0.05) is 47.6 Å². The van der Waals surface area contributed by atoms with E-state index in [4.69, 9.17) is 0 Å². The van der Waals surface area contributed by atoms with Crippen molar-refractivity contribution >= 4 is 83.7 Å². The van der Waals surface area contributed by atoms with Gasteiger partial charge in [-0.1, -0.05) is 152 Å². The Morgan fingerprint density at radius 1 is 0.845 bits per heavy atom. The fourth-order valence-corrected chi connectivity index (χ4v) is 12.5. The van der Waals surface area contributed by atoms with Crippen LogP contribution in [0.3, 0.4) is 0 Å². The van der Waals surface area contributed by atoms with Crippen molar-refractivity contribution in [2.75, 3.05) is 9.80 Å². The second-order valence-electron chi connectivity index (χ2n) is 21.0. The summed E-state index contributed by atoms with van der Waals surface area (Å²) in [6, 6.07) is 31.5. The first kappa shape index (κ1) is 39.9. The number of benzene rings is 4. The molecule has 0 bridgehead atoms. The SMILES string of the molecule is C/C=C(\c1ccccc1CI)N1c2c(sc3ccc(C(C)(C)C)cc23)B2C3=C(C=C(C)CC31)N(c1ccc(C(C)(C)C)cc1)c1cc3c(cc12)C(C)(C)CCC3(C)C. The van der Waals surface area contributed by atoms with Gasteiger partial charge in [0.25, 0.3) is 6.71 Å². The zero-order valence-corrected chi connectivity index (χ0v) is 39.8. The lowest BCUT2D eigenvalue weighted by Crippen LogP contribution is -2.61. The number of rotatable bonds is 4. The maximum absolute atomic E-state index is 2.81. The molecule has 298 valence electrons. The molecule has 3 heterocycles. The molecule has 2 aliphatic heterocycles. The van der Waals surface area contributed by atoms with Crippen LogP contribution < -0.4 is 20.0 Å². The zero-order chi connectivity index (χ0) is 41.3. The number of nitrogens with zero attached hydrogens (tertiary/aromatic N) is 2. The lowest BCUT2D eigenvalue weighted by atomic mass is 9.33. The first-order valence-electron chi connectivity index (χ1n) is 21.5. The van der Waals surface area contributed by atoms with Gasteiger partial charge in [0.15, 0.2) is 0 Å². The lowest BCUT2D eigenvalue weighted by molar-refractivity contribution is 0.332. The van der Waals surface area contributed by atoms with Crippen LogP contribution in [0.1, 0.15) is 136 Å². The molecule has 0 N–H and O–H groups in total. The van der Waals surface area contributed by atoms with Gasteiger partial charge >= 0.3 is 0 Å². The van der Waals surface area contributed by atoms with E-state index in [1.54, 1.807) is 11.0 Å². The van der Waals surface area contributed by atoms with Crippen LogP contribution >= 0.6 is 33.9 Å². The number of hydrogen-bond donors (Lipinski definition) is 0. The van der Waals surface area contributed by atoms with Gasteiger partial charge in [0.1, 0.15) is 0 Å². The highest BCUT2D eigenvalue weighted by molar-refractivity contribution is 14.1. The van der Waals surface area contributed by atoms with E-state index in [1.807, 2.05) is 11.3 Å². The number of halogens is 1. The molecule has 1 atom stereocenters. The molecule has 9 rings (SSSR count). The second-order valence-corrected chi connectivity index (χ2v) is 22.8. The summed E-state index contributed by atoms with van der Waals surface area (Å²) in [6.45, 7) is 28.8. The quantitative estimate of drug-likeness (QED) is 0.101. The average molecular weight is 895 g/mol. The van der Waals surface area contributed by atoms with Crippen LogP contribution in [0.2, 0.25) is 0 Å². The Bertz CT molecular complexity index is 2590. The average Bonchev–Trinajstić information content (AvgIpc) is 3.55. The van der Waals surface area contributed by atoms with Crippen LogP contribution in [0, 0.1) is 0 Å². The fraction of sp³-hybridized carbons (Fsp3) is 0.396. The Labute approximate surface area is 366 Å². The summed E-state index contributed by atoms with van der Waals surface area (Å²) in [5.41, 5.74) is 20.0. The lowest BCUT2D eigenvalue weighted by Gasteiger charge is -2.51. The molecule has 5 heteroatoms. The van der Waals surface area contributed by atoms with E-state index in [2.05, 4.69) is 206 Å². The molecule has 2 aliphatic carbocycles. The normalized spacial score (nSPS) is 19.8. The second kappa shape index (κ2) is 13.7. The minimum atomic E-state index is 0.0417. The Morgan fingerprint density at radius 3 is 2.12 bits per heavy atom. The van der Waals surface area contributed by atoms with E-state index < -0.39 is 0 Å². The van der Waals surface area contributed by atoms with Crippen molar-refractivity contribution < 1.29 is 0 Å². The first-order valence-corrected chi connectivity index (χ1v) is 23.9. The summed E-state index contributed by atoms with van der Waals surface area (Å²) >= 11 is 4.60. The molecular weight excluding hydrogens is 834 g/mol. The van der Waals surface area contributed by atoms with Crippen molar-refractivity contribution in [3.8, 4) is 0 Å². The molecule has 0 saturated carbocycles. The van der Waals surface area contributed by atoms with E-state index in [0.717, 1.165) is 10.8 Å². The topological polar surface area (TPSA) is 6.48 Å². The molecule has 0 spiro atoms. The van der Waals surface area contributed by atoms with E-state index >= 15 is 0 Å². The van der Waals surface area contributed by atoms with Crippen molar-refractivity contribution in [1.82, 2.24) is 0 Å². The van der Waals surface area contributed by atoms with Gasteiger partial charge in [-0.25, -0.2) is 0 Å². The molecule has 58 heavy (non-hydrogen) atoms. The fourth-order valence-electron chi connectivity index (χ4n) is 10.5. The molecule has 4 aromatic carbocycles. The number of alkyl halides is 1. The van der Waals surface area contributed by atoms with Gasteiger partial charge in [0.2, 0.25) is 0 Å². The van der Waals surface area contributed by atoms with Gasteiger partial charge in [-0.3, -0.25) is 0 Å². The number of thiophene rings is 1. The predicted octanol–water partition coefficient (Wildman–Crippen LogP) is 13.9. The summed E-state index contributed by atoms with van der Waals surface area (Å²) in [7, 11) is 0. The summed E-state index contributed by atoms with van der Waals surface area (Å²) in [5.74, 6) is 0. The van der Waals surface area contributed by atoms with Gasteiger partial charge in [-0.15, -0.1) is 11.3 Å². The highest BCUT2D eigenvalue weighted by Gasteiger charge is 2.51. The minimum Gasteiger partial charge on any atom is -0.334 e. The third kappa shape index (κ3) is 6.22. The van der Waals surface area contributed by atoms with Crippen molar-refractivity contribution in [2.45, 2.75) is 134 Å². The van der Waals surface area contributed by atoms with Crippen LogP contribution in [0.4, 0.5) is 17.1 Å². The standard InChI is InChI=1S/C53H60BIN2S/c1-13-42(37-17-15-14-16-33(37)31-55)57-45-27-32(2)26-44-47(45)54(49-48(57)38-28-35(51(6,7)8)20-23-46(38)58-49)41-29-39-40(53(11,12)25-24-52(39,9)10)30-43(41)56(44)36-21-18-34(19-22-36)50(3,4)5/h13-23,26,28-30,45H,24-25,27,31H2,1-12H3/b42-13+. The molecule has 1 aromatic heterocycles. The Hall–Kier alpha value is -3.55. The summed E-state index contributed by atoms with van der Waals surface area (Å²) in [5, 5.41) is 1.40. The zero-order valence-electron chi connectivity index (χ0n) is 36.8. The van der Waals surface area contributed by atoms with Crippen molar-refractivity contribution in [2.24, 2.45) is 0 Å². The van der Waals surface area contributed by atoms with Crippen LogP contribution in [-0.2, 0) is 26.1 Å². The molecule has 0 saturated heterocycles. The van der Waals surface area contributed by atoms with Crippen molar-refractivity contribution in [3.05, 3.63) is 141 Å². The number of anilines is 3. The molecule has 0 radical (unpaired) electrons. The molecule has 2 nitrogen and oxygen atoms in total. The van der Waals surface area contributed by atoms with E-state index in [-0.39, 0.29) is 34.4 Å². The number of hydrogen-bond acceptors (Lipinski definition) is 3. The van der Waals surface area contributed by atoms with Crippen molar-refractivity contribution in [3.63, 3.8) is 0 Å².